The van der Waals surface area contributed by atoms with Gasteiger partial charge in [-0.1, -0.05) is 54.6 Å². The number of nitrogens with zero attached hydrogens (tertiary/aromatic N) is 4. The number of amides is 2. The molecule has 2 amide bonds. The molecular formula is C34H39N5O5S. The molecule has 5 rings (SSSR count). The van der Waals surface area contributed by atoms with Gasteiger partial charge in [-0.25, -0.2) is 18.1 Å². The first-order valence-electron chi connectivity index (χ1n) is 15.2. The second kappa shape index (κ2) is 15.0. The zero-order chi connectivity index (χ0) is 31.6. The van der Waals surface area contributed by atoms with Crippen molar-refractivity contribution >= 4 is 21.8 Å². The Morgan fingerprint density at radius 2 is 1.51 bits per heavy atom. The number of aromatic nitrogens is 2. The van der Waals surface area contributed by atoms with Crippen LogP contribution in [0.2, 0.25) is 0 Å². The molecule has 1 aliphatic rings. The number of rotatable bonds is 5. The van der Waals surface area contributed by atoms with Gasteiger partial charge in [-0.15, -0.1) is 0 Å². The number of imidazole rings is 1. The highest BCUT2D eigenvalue weighted by molar-refractivity contribution is 7.88. The Bertz CT molecular complexity index is 1710. The predicted molar refractivity (Wildman–Crippen MR) is 174 cm³/mol. The molecule has 10 nitrogen and oxygen atoms in total. The Balaban J connectivity index is 1.36. The van der Waals surface area contributed by atoms with Gasteiger partial charge in [-0.3, -0.25) is 9.59 Å². The van der Waals surface area contributed by atoms with Crippen LogP contribution in [0.15, 0.2) is 91.3 Å². The van der Waals surface area contributed by atoms with Crippen LogP contribution < -0.4 is 9.46 Å². The second-order valence-electron chi connectivity index (χ2n) is 11.1. The van der Waals surface area contributed by atoms with E-state index in [-0.39, 0.29) is 18.4 Å². The summed E-state index contributed by atoms with van der Waals surface area (Å²) in [6, 6.07) is 25.4. The maximum Gasteiger partial charge on any atom is 0.253 e. The molecule has 0 aliphatic carbocycles. The molecule has 3 aromatic carbocycles. The number of fused-ring (bicyclic) bond motifs is 4. The van der Waals surface area contributed by atoms with Crippen molar-refractivity contribution in [1.29, 1.82) is 0 Å². The Kier molecular flexibility index (Phi) is 10.6. The minimum atomic E-state index is -3.52. The summed E-state index contributed by atoms with van der Waals surface area (Å²) < 4.78 is 33.7. The molecule has 0 radical (unpaired) electrons. The highest BCUT2D eigenvalue weighted by atomic mass is 32.2. The van der Waals surface area contributed by atoms with E-state index < -0.39 is 10.0 Å². The molecular weight excluding hydrogens is 590 g/mol. The van der Waals surface area contributed by atoms with Gasteiger partial charge in [0.1, 0.15) is 11.6 Å². The van der Waals surface area contributed by atoms with Gasteiger partial charge < -0.3 is 19.1 Å². The van der Waals surface area contributed by atoms with Crippen molar-refractivity contribution in [2.45, 2.75) is 25.8 Å². The van der Waals surface area contributed by atoms with Crippen LogP contribution in [0.25, 0.3) is 22.5 Å². The molecule has 2 bridgehead atoms. The maximum atomic E-state index is 13.8. The van der Waals surface area contributed by atoms with Gasteiger partial charge in [0.2, 0.25) is 15.9 Å². The molecule has 11 heteroatoms. The first-order valence-corrected chi connectivity index (χ1v) is 17.1. The number of hydrogen-bond donors (Lipinski definition) is 1. The Labute approximate surface area is 264 Å². The second-order valence-corrected chi connectivity index (χ2v) is 12.9. The highest BCUT2D eigenvalue weighted by Gasteiger charge is 2.19. The molecule has 1 N–H and O–H groups in total. The third-order valence-electron chi connectivity index (χ3n) is 7.71. The number of carbonyl (C=O) groups excluding carboxylic acids is 2. The fraction of sp³-hybridized carbons (Fsp3) is 0.324. The highest BCUT2D eigenvalue weighted by Crippen LogP contribution is 2.24. The van der Waals surface area contributed by atoms with E-state index in [4.69, 9.17) is 4.74 Å². The van der Waals surface area contributed by atoms with E-state index in [0.29, 0.717) is 69.9 Å². The Morgan fingerprint density at radius 3 is 2.31 bits per heavy atom. The van der Waals surface area contributed by atoms with Gasteiger partial charge in [0.15, 0.2) is 0 Å². The summed E-state index contributed by atoms with van der Waals surface area (Å²) in [5, 5.41) is 0. The van der Waals surface area contributed by atoms with Gasteiger partial charge in [-0.2, -0.15) is 0 Å². The predicted octanol–water partition coefficient (Wildman–Crippen LogP) is 4.30. The van der Waals surface area contributed by atoms with E-state index in [9.17, 15) is 18.0 Å². The van der Waals surface area contributed by atoms with Crippen molar-refractivity contribution in [2.24, 2.45) is 0 Å². The molecule has 0 spiro atoms. The molecule has 0 saturated heterocycles. The summed E-state index contributed by atoms with van der Waals surface area (Å²) in [5.41, 5.74) is 3.53. The van der Waals surface area contributed by atoms with Gasteiger partial charge >= 0.3 is 0 Å². The number of sulfonamides is 1. The van der Waals surface area contributed by atoms with Crippen LogP contribution in [0, 0.1) is 0 Å². The normalized spacial score (nSPS) is 15.0. The van der Waals surface area contributed by atoms with E-state index in [1.165, 1.54) is 0 Å². The topological polar surface area (TPSA) is 114 Å². The van der Waals surface area contributed by atoms with Crippen LogP contribution in [-0.4, -0.2) is 85.2 Å². The van der Waals surface area contributed by atoms with Crippen LogP contribution >= 0.6 is 0 Å². The lowest BCUT2D eigenvalue weighted by atomic mass is 10.0. The largest absolute Gasteiger partial charge is 0.494 e. The average molecular weight is 630 g/mol. The molecule has 0 fully saturated rings. The Hall–Kier alpha value is -4.48. The summed E-state index contributed by atoms with van der Waals surface area (Å²) in [5.74, 6) is 1.11. The van der Waals surface area contributed by atoms with Crippen LogP contribution in [0.1, 0.15) is 29.6 Å². The van der Waals surface area contributed by atoms with E-state index >= 15 is 0 Å². The number of hydrogen-bond acceptors (Lipinski definition) is 6. The van der Waals surface area contributed by atoms with Gasteiger partial charge in [-0.05, 0) is 54.7 Å². The maximum absolute atomic E-state index is 13.8. The molecule has 4 aromatic rings. The molecule has 2 heterocycles. The molecule has 0 saturated carbocycles. The fourth-order valence-corrected chi connectivity index (χ4v) is 5.77. The van der Waals surface area contributed by atoms with Gasteiger partial charge in [0.25, 0.3) is 5.91 Å². The van der Waals surface area contributed by atoms with Gasteiger partial charge in [0.05, 0.1) is 19.4 Å². The molecule has 236 valence electrons. The number of ether oxygens (including phenoxy) is 1. The summed E-state index contributed by atoms with van der Waals surface area (Å²) in [6.45, 7) is 2.45. The lowest BCUT2D eigenvalue weighted by Gasteiger charge is -2.26. The summed E-state index contributed by atoms with van der Waals surface area (Å²) in [6.07, 6.45) is 6.58. The summed E-state index contributed by atoms with van der Waals surface area (Å²) in [7, 11) is -3.52. The number of carbonyl (C=O) groups is 2. The van der Waals surface area contributed by atoms with Crippen LogP contribution in [0.5, 0.6) is 5.75 Å². The van der Waals surface area contributed by atoms with Crippen molar-refractivity contribution < 1.29 is 22.7 Å². The fourth-order valence-electron chi connectivity index (χ4n) is 5.38. The smallest absolute Gasteiger partial charge is 0.253 e. The zero-order valence-electron chi connectivity index (χ0n) is 25.5. The minimum absolute atomic E-state index is 0.0524. The molecule has 1 aliphatic heterocycles. The monoisotopic (exact) mass is 629 g/mol. The van der Waals surface area contributed by atoms with Crippen molar-refractivity contribution in [1.82, 2.24) is 24.1 Å². The summed E-state index contributed by atoms with van der Waals surface area (Å²) in [4.78, 5) is 35.0. The third kappa shape index (κ3) is 9.02. The lowest BCUT2D eigenvalue weighted by Crippen LogP contribution is -2.42. The van der Waals surface area contributed by atoms with E-state index in [1.807, 2.05) is 94.5 Å². The van der Waals surface area contributed by atoms with Crippen molar-refractivity contribution in [3.63, 3.8) is 0 Å². The number of nitrogens with one attached hydrogen (secondary N) is 1. The molecule has 45 heavy (non-hydrogen) atoms. The van der Waals surface area contributed by atoms with Crippen molar-refractivity contribution in [3.05, 3.63) is 96.8 Å². The SMILES string of the molecule is CS(=O)(=O)NCC(=O)N1CCCCN(C(=O)c2cccc(-c3ccccc3)c2)CCCOc2cccc(c2)-c2nccn2CC1. The standard InChI is InChI=1S/C34H39N5O5S/c1-45(42,43)36-26-32(40)37-17-5-6-18-39(34(41)30-14-7-12-28(24-30)27-10-3-2-4-11-27)19-9-23-44-31-15-8-13-29(25-31)33-35-16-20-38(33)22-21-37/h2-4,7-8,10-16,20,24-25,36H,5-6,9,17-19,21-23,26H2,1H3. The van der Waals surface area contributed by atoms with Crippen LogP contribution in [-0.2, 0) is 21.4 Å². The Morgan fingerprint density at radius 1 is 0.800 bits per heavy atom. The first-order chi connectivity index (χ1) is 21.8. The first kappa shape index (κ1) is 31.9. The zero-order valence-corrected chi connectivity index (χ0v) is 26.3. The minimum Gasteiger partial charge on any atom is -0.494 e. The molecule has 0 atom stereocenters. The van der Waals surface area contributed by atoms with Gasteiger partial charge in [0, 0.05) is 56.2 Å². The van der Waals surface area contributed by atoms with Crippen molar-refractivity contribution in [2.75, 3.05) is 45.6 Å². The number of benzene rings is 3. The molecule has 0 unspecified atom stereocenters. The quantitative estimate of drug-likeness (QED) is 0.352. The average Bonchev–Trinajstić information content (AvgIpc) is 3.52. The van der Waals surface area contributed by atoms with E-state index in [1.54, 1.807) is 11.1 Å². The molecule has 1 aromatic heterocycles. The van der Waals surface area contributed by atoms with E-state index in [2.05, 4.69) is 9.71 Å². The van der Waals surface area contributed by atoms with E-state index in [0.717, 1.165) is 28.8 Å². The van der Waals surface area contributed by atoms with Crippen molar-refractivity contribution in [3.8, 4) is 28.3 Å². The third-order valence-corrected chi connectivity index (χ3v) is 8.38. The van der Waals surface area contributed by atoms with Crippen LogP contribution in [0.4, 0.5) is 0 Å². The lowest BCUT2D eigenvalue weighted by molar-refractivity contribution is -0.130. The summed E-state index contributed by atoms with van der Waals surface area (Å²) >= 11 is 0. The van der Waals surface area contributed by atoms with Crippen LogP contribution in [0.3, 0.4) is 0 Å².